The third kappa shape index (κ3) is 10.9. The van der Waals surface area contributed by atoms with Crippen LogP contribution in [0.3, 0.4) is 0 Å². The molecule has 5 atom stereocenters. The first-order valence-corrected chi connectivity index (χ1v) is 21.6. The molecule has 2 aliphatic heterocycles. The number of aliphatic hydroxyl groups excluding tert-OH is 1. The zero-order valence-electron chi connectivity index (χ0n) is 33.2. The highest BCUT2D eigenvalue weighted by atomic mass is 32.2. The average Bonchev–Trinajstić information content (AvgIpc) is 3.25. The van der Waals surface area contributed by atoms with Crippen molar-refractivity contribution in [3.05, 3.63) is 172 Å². The zero-order valence-corrected chi connectivity index (χ0v) is 34.1. The summed E-state index contributed by atoms with van der Waals surface area (Å²) in [6.45, 7) is 9.91. The lowest BCUT2D eigenvalue weighted by atomic mass is 9.90. The lowest BCUT2D eigenvalue weighted by Gasteiger charge is -2.44. The van der Waals surface area contributed by atoms with Crippen molar-refractivity contribution in [3.8, 4) is 0 Å². The van der Waals surface area contributed by atoms with E-state index in [0.717, 1.165) is 72.6 Å². The first-order valence-electron chi connectivity index (χ1n) is 20.1. The molecule has 10 nitrogen and oxygen atoms in total. The molecule has 7 rings (SSSR count). The number of benzene rings is 5. The Hall–Kier alpha value is -4.72. The summed E-state index contributed by atoms with van der Waals surface area (Å²) in [7, 11) is -3.96. The van der Waals surface area contributed by atoms with Crippen molar-refractivity contribution in [2.45, 2.75) is 69.4 Å². The fraction of sp³-hybridized carbons (Fsp3) is 0.340. The van der Waals surface area contributed by atoms with Crippen LogP contribution in [0, 0.1) is 12.8 Å². The van der Waals surface area contributed by atoms with Gasteiger partial charge in [-0.05, 0) is 53.3 Å². The highest BCUT2D eigenvalue weighted by Crippen LogP contribution is 2.42. The first-order chi connectivity index (χ1) is 28.1. The van der Waals surface area contributed by atoms with E-state index in [4.69, 9.17) is 9.47 Å². The van der Waals surface area contributed by atoms with Gasteiger partial charge in [-0.1, -0.05) is 134 Å². The smallest absolute Gasteiger partial charge is 0.241 e. The lowest BCUT2D eigenvalue weighted by molar-refractivity contribution is -0.276. The minimum absolute atomic E-state index is 0.0184. The minimum Gasteiger partial charge on any atom is -0.392 e. The van der Waals surface area contributed by atoms with Crippen LogP contribution in [0.25, 0.3) is 0 Å². The van der Waals surface area contributed by atoms with Crippen LogP contribution in [-0.2, 0) is 50.4 Å². The van der Waals surface area contributed by atoms with Crippen LogP contribution in [0.5, 0.6) is 0 Å². The summed E-state index contributed by atoms with van der Waals surface area (Å²) >= 11 is 0. The molecule has 0 aromatic heterocycles. The van der Waals surface area contributed by atoms with Gasteiger partial charge in [-0.2, -0.15) is 4.72 Å². The molecule has 304 valence electrons. The number of hydrogen-bond donors (Lipinski definition) is 3. The third-order valence-electron chi connectivity index (χ3n) is 11.2. The normalized spacial score (nSPS) is 21.0. The van der Waals surface area contributed by atoms with Gasteiger partial charge >= 0.3 is 0 Å². The summed E-state index contributed by atoms with van der Waals surface area (Å²) in [5.41, 5.74) is 6.72. The maximum atomic E-state index is 13.6. The molecular formula is C47H54N4O6S. The van der Waals surface area contributed by atoms with Crippen molar-refractivity contribution >= 4 is 15.9 Å². The van der Waals surface area contributed by atoms with Gasteiger partial charge in [0.15, 0.2) is 6.29 Å². The Labute approximate surface area is 342 Å². The number of sulfonamides is 1. The van der Waals surface area contributed by atoms with Crippen molar-refractivity contribution in [2.24, 2.45) is 5.92 Å². The molecule has 5 aromatic rings. The van der Waals surface area contributed by atoms with E-state index < -0.39 is 28.3 Å². The minimum atomic E-state index is -3.96. The van der Waals surface area contributed by atoms with Crippen LogP contribution in [0.15, 0.2) is 138 Å². The third-order valence-corrected chi connectivity index (χ3v) is 12.7. The molecule has 0 spiro atoms. The Morgan fingerprint density at radius 3 is 1.95 bits per heavy atom. The largest absolute Gasteiger partial charge is 0.392 e. The second kappa shape index (κ2) is 19.4. The van der Waals surface area contributed by atoms with Gasteiger partial charge in [-0.15, -0.1) is 0 Å². The van der Waals surface area contributed by atoms with Gasteiger partial charge < -0.3 is 19.9 Å². The van der Waals surface area contributed by atoms with Gasteiger partial charge in [-0.25, -0.2) is 8.42 Å². The second-order valence-electron chi connectivity index (χ2n) is 15.5. The molecule has 58 heavy (non-hydrogen) atoms. The Morgan fingerprint density at radius 1 is 0.724 bits per heavy atom. The molecule has 11 heteroatoms. The standard InChI is InChI=1S/C47H54N4O6S/c1-34-13-23-42(24-14-34)58(54,55)49-43(29-36-9-5-3-6-10-36)46(53)48-30-37-15-21-41(22-16-37)47-56-44(35(2)45(57-47)40-19-17-39(33-52)18-20-40)32-51-27-25-50(26-28-51)31-38-11-7-4-8-12-38/h3-24,35,43-45,47,49,52H,25-33H2,1-2H3,(H,48,53)/t35-,43-,44+,45+,47+/m1/s1. The van der Waals surface area contributed by atoms with Crippen LogP contribution >= 0.6 is 0 Å². The molecule has 2 saturated heterocycles. The summed E-state index contributed by atoms with van der Waals surface area (Å²) in [5.74, 6) is -0.351. The van der Waals surface area contributed by atoms with Crippen LogP contribution in [-0.4, -0.2) is 74.1 Å². The molecular weight excluding hydrogens is 749 g/mol. The summed E-state index contributed by atoms with van der Waals surface area (Å²) in [6.07, 6.45) is -0.732. The van der Waals surface area contributed by atoms with Crippen LogP contribution in [0.2, 0.25) is 0 Å². The first kappa shape index (κ1) is 41.4. The van der Waals surface area contributed by atoms with Gasteiger partial charge in [0.1, 0.15) is 6.04 Å². The predicted molar refractivity (Wildman–Crippen MR) is 225 cm³/mol. The molecule has 0 radical (unpaired) electrons. The molecule has 0 bridgehead atoms. The highest BCUT2D eigenvalue weighted by molar-refractivity contribution is 7.89. The topological polar surface area (TPSA) is 120 Å². The summed E-state index contributed by atoms with van der Waals surface area (Å²) in [6, 6.07) is 41.3. The van der Waals surface area contributed by atoms with Crippen molar-refractivity contribution in [1.29, 1.82) is 0 Å². The number of nitrogens with one attached hydrogen (secondary N) is 2. The van der Waals surface area contributed by atoms with Gasteiger partial charge in [0.05, 0.1) is 23.7 Å². The molecule has 0 unspecified atom stereocenters. The maximum Gasteiger partial charge on any atom is 0.241 e. The summed E-state index contributed by atoms with van der Waals surface area (Å²) in [4.78, 5) is 18.7. The Bertz CT molecular complexity index is 2160. The van der Waals surface area contributed by atoms with Crippen LogP contribution in [0.1, 0.15) is 58.3 Å². The van der Waals surface area contributed by atoms with E-state index in [-0.39, 0.29) is 42.6 Å². The number of carbonyl (C=O) groups is 1. The van der Waals surface area contributed by atoms with Gasteiger partial charge in [0, 0.05) is 57.3 Å². The number of carbonyl (C=O) groups excluding carboxylic acids is 1. The summed E-state index contributed by atoms with van der Waals surface area (Å²) in [5, 5.41) is 12.6. The number of hydrogen-bond acceptors (Lipinski definition) is 8. The fourth-order valence-corrected chi connectivity index (χ4v) is 8.87. The quantitative estimate of drug-likeness (QED) is 0.113. The molecule has 1 amide bonds. The molecule has 3 N–H and O–H groups in total. The highest BCUT2D eigenvalue weighted by Gasteiger charge is 2.39. The molecule has 2 heterocycles. The number of piperazine rings is 1. The Morgan fingerprint density at radius 2 is 1.31 bits per heavy atom. The SMILES string of the molecule is Cc1ccc(S(=O)(=O)N[C@H](Cc2ccccc2)C(=O)NCc2ccc([C@H]3O[C@@H](CN4CCN(Cc5ccccc5)CC4)[C@@H](C)[C@@H](c4ccc(CO)cc4)O3)cc2)cc1. The zero-order chi connectivity index (χ0) is 40.5. The van der Waals surface area contributed by atoms with Crippen molar-refractivity contribution < 1.29 is 27.8 Å². The Kier molecular flexibility index (Phi) is 13.8. The van der Waals surface area contributed by atoms with E-state index in [9.17, 15) is 18.3 Å². The molecule has 0 saturated carbocycles. The van der Waals surface area contributed by atoms with E-state index in [1.165, 1.54) is 5.56 Å². The molecule has 2 fully saturated rings. The van der Waals surface area contributed by atoms with E-state index >= 15 is 0 Å². The van der Waals surface area contributed by atoms with E-state index in [2.05, 4.69) is 57.1 Å². The molecule has 2 aliphatic rings. The van der Waals surface area contributed by atoms with Crippen molar-refractivity contribution in [2.75, 3.05) is 32.7 Å². The van der Waals surface area contributed by atoms with E-state index in [1.807, 2.05) is 85.8 Å². The van der Waals surface area contributed by atoms with E-state index in [0.29, 0.717) is 0 Å². The summed E-state index contributed by atoms with van der Waals surface area (Å²) < 4.78 is 42.8. The van der Waals surface area contributed by atoms with Crippen LogP contribution in [0.4, 0.5) is 0 Å². The molecule has 5 aromatic carbocycles. The second-order valence-corrected chi connectivity index (χ2v) is 17.2. The maximum absolute atomic E-state index is 13.6. The lowest BCUT2D eigenvalue weighted by Crippen LogP contribution is -2.51. The number of amides is 1. The van der Waals surface area contributed by atoms with Crippen molar-refractivity contribution in [1.82, 2.24) is 19.8 Å². The fourth-order valence-electron chi connectivity index (χ4n) is 7.67. The Balaban J connectivity index is 1.02. The number of rotatable bonds is 15. The van der Waals surface area contributed by atoms with Gasteiger partial charge in [0.2, 0.25) is 15.9 Å². The van der Waals surface area contributed by atoms with E-state index in [1.54, 1.807) is 24.3 Å². The molecule has 0 aliphatic carbocycles. The number of ether oxygens (including phenoxy) is 2. The van der Waals surface area contributed by atoms with Gasteiger partial charge in [0.25, 0.3) is 0 Å². The number of aliphatic hydroxyl groups is 1. The predicted octanol–water partition coefficient (Wildman–Crippen LogP) is 6.30. The van der Waals surface area contributed by atoms with Crippen LogP contribution < -0.4 is 10.0 Å². The van der Waals surface area contributed by atoms with Crippen molar-refractivity contribution in [3.63, 3.8) is 0 Å². The van der Waals surface area contributed by atoms with Gasteiger partial charge in [-0.3, -0.25) is 14.6 Å². The number of aryl methyl sites for hydroxylation is 1. The average molecular weight is 803 g/mol. The number of nitrogens with zero attached hydrogens (tertiary/aromatic N) is 2. The monoisotopic (exact) mass is 802 g/mol.